The van der Waals surface area contributed by atoms with Gasteiger partial charge in [-0.2, -0.15) is 0 Å². The molecular weight excluding hydrogens is 264 g/mol. The van der Waals surface area contributed by atoms with Gasteiger partial charge < -0.3 is 9.84 Å². The van der Waals surface area contributed by atoms with Crippen molar-refractivity contribution in [3.8, 4) is 0 Å². The maximum atomic E-state index is 11.4. The summed E-state index contributed by atoms with van der Waals surface area (Å²) in [6.07, 6.45) is 1.55. The van der Waals surface area contributed by atoms with Gasteiger partial charge >= 0.3 is 0 Å². The molecule has 0 unspecified atom stereocenters. The highest BCUT2D eigenvalue weighted by Gasteiger charge is 2.13. The lowest BCUT2D eigenvalue weighted by Crippen LogP contribution is -2.27. The van der Waals surface area contributed by atoms with Crippen LogP contribution in [0.15, 0.2) is 22.2 Å². The lowest BCUT2D eigenvalue weighted by molar-refractivity contribution is -0.116. The zero-order valence-corrected chi connectivity index (χ0v) is 11.7. The van der Waals surface area contributed by atoms with Crippen LogP contribution in [0.4, 0.5) is 5.13 Å². The van der Waals surface area contributed by atoms with Crippen LogP contribution in [0.3, 0.4) is 0 Å². The second kappa shape index (κ2) is 6.44. The molecule has 6 nitrogen and oxygen atoms in total. The van der Waals surface area contributed by atoms with Gasteiger partial charge in [0.15, 0.2) is 5.13 Å². The van der Waals surface area contributed by atoms with Crippen molar-refractivity contribution in [3.05, 3.63) is 29.1 Å². The summed E-state index contributed by atoms with van der Waals surface area (Å²) in [5.74, 6) is 0.0129. The topological polar surface area (TPSA) is 71.3 Å². The van der Waals surface area contributed by atoms with Gasteiger partial charge in [0.25, 0.3) is 0 Å². The monoisotopic (exact) mass is 280 g/mol. The molecule has 102 valence electrons. The van der Waals surface area contributed by atoms with Gasteiger partial charge in [-0.15, -0.1) is 11.3 Å². The van der Waals surface area contributed by atoms with Crippen LogP contribution in [-0.4, -0.2) is 22.6 Å². The molecule has 0 saturated heterocycles. The third kappa shape index (κ3) is 3.62. The third-order valence-electron chi connectivity index (χ3n) is 2.57. The molecule has 0 bridgehead atoms. The number of hydrogen-bond donors (Lipinski definition) is 1. The SMILES string of the molecule is CCN(C(C)=O)c1nc(CNCc2ccon2)cs1. The Labute approximate surface area is 115 Å². The first-order valence-corrected chi connectivity index (χ1v) is 6.91. The van der Waals surface area contributed by atoms with Crippen LogP contribution < -0.4 is 10.2 Å². The number of nitrogens with one attached hydrogen (secondary N) is 1. The fraction of sp³-hybridized carbons (Fsp3) is 0.417. The molecule has 0 saturated carbocycles. The Morgan fingerprint density at radius 2 is 2.26 bits per heavy atom. The molecule has 1 amide bonds. The number of aromatic nitrogens is 2. The Kier molecular flexibility index (Phi) is 4.64. The van der Waals surface area contributed by atoms with Crippen molar-refractivity contribution >= 4 is 22.4 Å². The number of carbonyl (C=O) groups is 1. The van der Waals surface area contributed by atoms with Gasteiger partial charge in [-0.3, -0.25) is 9.69 Å². The minimum Gasteiger partial charge on any atom is -0.364 e. The number of carbonyl (C=O) groups excluding carboxylic acids is 1. The lowest BCUT2D eigenvalue weighted by Gasteiger charge is -2.14. The van der Waals surface area contributed by atoms with Crippen molar-refractivity contribution in [2.45, 2.75) is 26.9 Å². The van der Waals surface area contributed by atoms with Crippen LogP contribution in [0.2, 0.25) is 0 Å². The van der Waals surface area contributed by atoms with Crippen molar-refractivity contribution in [1.29, 1.82) is 0 Å². The zero-order valence-electron chi connectivity index (χ0n) is 10.9. The smallest absolute Gasteiger partial charge is 0.225 e. The van der Waals surface area contributed by atoms with Gasteiger partial charge in [-0.05, 0) is 6.92 Å². The van der Waals surface area contributed by atoms with E-state index in [1.54, 1.807) is 18.1 Å². The summed E-state index contributed by atoms with van der Waals surface area (Å²) < 4.78 is 4.75. The minimum atomic E-state index is 0.0129. The highest BCUT2D eigenvalue weighted by atomic mass is 32.1. The Morgan fingerprint density at radius 3 is 2.89 bits per heavy atom. The number of anilines is 1. The summed E-state index contributed by atoms with van der Waals surface area (Å²) in [5.41, 5.74) is 1.78. The van der Waals surface area contributed by atoms with E-state index in [2.05, 4.69) is 15.5 Å². The minimum absolute atomic E-state index is 0.0129. The summed E-state index contributed by atoms with van der Waals surface area (Å²) in [7, 11) is 0. The molecule has 2 heterocycles. The van der Waals surface area contributed by atoms with Crippen molar-refractivity contribution in [1.82, 2.24) is 15.5 Å². The van der Waals surface area contributed by atoms with E-state index in [1.165, 1.54) is 11.3 Å². The average Bonchev–Trinajstić information content (AvgIpc) is 3.02. The van der Waals surface area contributed by atoms with Crippen molar-refractivity contribution in [2.75, 3.05) is 11.4 Å². The van der Waals surface area contributed by atoms with E-state index >= 15 is 0 Å². The molecule has 0 aliphatic heterocycles. The second-order valence-electron chi connectivity index (χ2n) is 3.98. The summed E-state index contributed by atoms with van der Waals surface area (Å²) in [6.45, 7) is 5.39. The maximum Gasteiger partial charge on any atom is 0.225 e. The molecule has 0 fully saturated rings. The molecule has 0 aliphatic carbocycles. The molecular formula is C12H16N4O2S. The van der Waals surface area contributed by atoms with Crippen LogP contribution in [0, 0.1) is 0 Å². The lowest BCUT2D eigenvalue weighted by atomic mass is 10.4. The van der Waals surface area contributed by atoms with Crippen LogP contribution in [0.5, 0.6) is 0 Å². The first-order chi connectivity index (χ1) is 9.20. The number of rotatable bonds is 6. The molecule has 0 spiro atoms. The van der Waals surface area contributed by atoms with E-state index in [4.69, 9.17) is 4.52 Å². The molecule has 0 aromatic carbocycles. The summed E-state index contributed by atoms with van der Waals surface area (Å²) >= 11 is 1.48. The fourth-order valence-corrected chi connectivity index (χ4v) is 2.57. The molecule has 0 radical (unpaired) electrons. The largest absolute Gasteiger partial charge is 0.364 e. The van der Waals surface area contributed by atoms with Crippen molar-refractivity contribution < 1.29 is 9.32 Å². The van der Waals surface area contributed by atoms with Crippen LogP contribution >= 0.6 is 11.3 Å². The summed E-state index contributed by atoms with van der Waals surface area (Å²) in [4.78, 5) is 17.5. The molecule has 2 aromatic heterocycles. The Hall–Kier alpha value is -1.73. The normalized spacial score (nSPS) is 10.6. The molecule has 0 atom stereocenters. The molecule has 19 heavy (non-hydrogen) atoms. The van der Waals surface area contributed by atoms with E-state index in [0.717, 1.165) is 16.5 Å². The van der Waals surface area contributed by atoms with Gasteiger partial charge in [0.05, 0.1) is 11.4 Å². The quantitative estimate of drug-likeness (QED) is 0.873. The average molecular weight is 280 g/mol. The van der Waals surface area contributed by atoms with Gasteiger partial charge in [-0.25, -0.2) is 4.98 Å². The van der Waals surface area contributed by atoms with Crippen molar-refractivity contribution in [2.24, 2.45) is 0 Å². The molecule has 2 aromatic rings. The van der Waals surface area contributed by atoms with Gasteiger partial charge in [0, 0.05) is 38.0 Å². The van der Waals surface area contributed by atoms with Crippen molar-refractivity contribution in [3.63, 3.8) is 0 Å². The standard InChI is InChI=1S/C12H16N4O2S/c1-3-16(9(2)17)12-14-11(8-19-12)7-13-6-10-4-5-18-15-10/h4-5,8,13H,3,6-7H2,1-2H3. The van der Waals surface area contributed by atoms with E-state index in [1.807, 2.05) is 18.4 Å². The van der Waals surface area contributed by atoms with Gasteiger partial charge in [-0.1, -0.05) is 5.16 Å². The Morgan fingerprint density at radius 1 is 1.47 bits per heavy atom. The maximum absolute atomic E-state index is 11.4. The Bertz CT molecular complexity index is 524. The highest BCUT2D eigenvalue weighted by molar-refractivity contribution is 7.14. The molecule has 7 heteroatoms. The predicted octanol–water partition coefficient (Wildman–Crippen LogP) is 1.79. The van der Waals surface area contributed by atoms with Gasteiger partial charge in [0.2, 0.25) is 5.91 Å². The highest BCUT2D eigenvalue weighted by Crippen LogP contribution is 2.20. The Balaban J connectivity index is 1.88. The van der Waals surface area contributed by atoms with E-state index in [0.29, 0.717) is 19.6 Å². The van der Waals surface area contributed by atoms with E-state index in [-0.39, 0.29) is 5.91 Å². The molecule has 2 rings (SSSR count). The first kappa shape index (κ1) is 13.7. The van der Waals surface area contributed by atoms with Gasteiger partial charge in [0.1, 0.15) is 6.26 Å². The first-order valence-electron chi connectivity index (χ1n) is 6.03. The number of nitrogens with zero attached hydrogens (tertiary/aromatic N) is 3. The zero-order chi connectivity index (χ0) is 13.7. The van der Waals surface area contributed by atoms with E-state index < -0.39 is 0 Å². The van der Waals surface area contributed by atoms with E-state index in [9.17, 15) is 4.79 Å². The molecule has 1 N–H and O–H groups in total. The molecule has 0 aliphatic rings. The summed E-state index contributed by atoms with van der Waals surface area (Å²) in [6, 6.07) is 1.81. The van der Waals surface area contributed by atoms with Crippen LogP contribution in [0.1, 0.15) is 25.2 Å². The van der Waals surface area contributed by atoms with Crippen LogP contribution in [-0.2, 0) is 17.9 Å². The summed E-state index contributed by atoms with van der Waals surface area (Å²) in [5, 5.41) is 9.73. The number of thiazole rings is 1. The second-order valence-corrected chi connectivity index (χ2v) is 4.82. The third-order valence-corrected chi connectivity index (χ3v) is 3.48. The fourth-order valence-electron chi connectivity index (χ4n) is 1.64. The number of hydrogen-bond acceptors (Lipinski definition) is 6. The van der Waals surface area contributed by atoms with Crippen LogP contribution in [0.25, 0.3) is 0 Å². The predicted molar refractivity (Wildman–Crippen MR) is 72.9 cm³/mol. The number of amides is 1.